The standard InChI is InChI=1S/C21H20BrN3O3S/c1-2-10-25-20(27)18(29-21(25)24-15-6-4-3-5-7-15)12-14-8-9-17(16(22)11-14)28-13-19(23)26/h3-9,11-12H,2,10,13H2,1H3,(H2,23,26). The molecule has 2 aromatic carbocycles. The maximum atomic E-state index is 12.9. The minimum absolute atomic E-state index is 0.0586. The Morgan fingerprint density at radius 1 is 1.28 bits per heavy atom. The van der Waals surface area contributed by atoms with Crippen LogP contribution in [-0.4, -0.2) is 35.0 Å². The van der Waals surface area contributed by atoms with Crippen molar-refractivity contribution in [3.05, 3.63) is 63.5 Å². The van der Waals surface area contributed by atoms with Crippen molar-refractivity contribution >= 4 is 56.4 Å². The van der Waals surface area contributed by atoms with Gasteiger partial charge in [0, 0.05) is 6.54 Å². The molecule has 0 radical (unpaired) electrons. The second kappa shape index (κ2) is 9.76. The van der Waals surface area contributed by atoms with E-state index in [0.29, 0.717) is 26.8 Å². The van der Waals surface area contributed by atoms with Gasteiger partial charge in [-0.05, 0) is 70.0 Å². The Morgan fingerprint density at radius 2 is 2.03 bits per heavy atom. The Labute approximate surface area is 181 Å². The Bertz CT molecular complexity index is 976. The van der Waals surface area contributed by atoms with Gasteiger partial charge in [-0.2, -0.15) is 0 Å². The number of hydrogen-bond donors (Lipinski definition) is 1. The van der Waals surface area contributed by atoms with Crippen LogP contribution in [0.3, 0.4) is 0 Å². The molecule has 1 fully saturated rings. The maximum absolute atomic E-state index is 12.9. The minimum atomic E-state index is -0.544. The molecule has 3 rings (SSSR count). The first-order chi connectivity index (χ1) is 14.0. The average Bonchev–Trinajstić information content (AvgIpc) is 2.97. The molecule has 29 heavy (non-hydrogen) atoms. The highest BCUT2D eigenvalue weighted by atomic mass is 79.9. The highest BCUT2D eigenvalue weighted by Crippen LogP contribution is 2.35. The average molecular weight is 474 g/mol. The number of aliphatic imine (C=N–C) groups is 1. The third kappa shape index (κ3) is 5.48. The lowest BCUT2D eigenvalue weighted by Crippen LogP contribution is -2.29. The van der Waals surface area contributed by atoms with E-state index in [1.165, 1.54) is 11.8 Å². The lowest BCUT2D eigenvalue weighted by atomic mass is 10.2. The fourth-order valence-electron chi connectivity index (χ4n) is 2.65. The van der Waals surface area contributed by atoms with Gasteiger partial charge < -0.3 is 10.5 Å². The monoisotopic (exact) mass is 473 g/mol. The number of carbonyl (C=O) groups excluding carboxylic acids is 2. The molecule has 0 spiro atoms. The molecule has 0 saturated carbocycles. The van der Waals surface area contributed by atoms with Crippen molar-refractivity contribution in [2.75, 3.05) is 13.2 Å². The normalized spacial score (nSPS) is 16.6. The first-order valence-corrected chi connectivity index (χ1v) is 10.6. The molecule has 1 saturated heterocycles. The van der Waals surface area contributed by atoms with Crippen LogP contribution in [0.2, 0.25) is 0 Å². The summed E-state index contributed by atoms with van der Waals surface area (Å²) in [7, 11) is 0. The van der Waals surface area contributed by atoms with E-state index in [1.807, 2.05) is 55.5 Å². The zero-order chi connectivity index (χ0) is 20.8. The molecule has 0 aliphatic carbocycles. The molecule has 0 aromatic heterocycles. The summed E-state index contributed by atoms with van der Waals surface area (Å²) in [5.41, 5.74) is 6.74. The molecule has 2 N–H and O–H groups in total. The topological polar surface area (TPSA) is 85.0 Å². The predicted octanol–water partition coefficient (Wildman–Crippen LogP) is 4.33. The number of amides is 2. The van der Waals surface area contributed by atoms with Gasteiger partial charge in [0.2, 0.25) is 0 Å². The van der Waals surface area contributed by atoms with Crippen LogP contribution in [0.25, 0.3) is 6.08 Å². The van der Waals surface area contributed by atoms with Crippen molar-refractivity contribution in [2.45, 2.75) is 13.3 Å². The number of halogens is 1. The molecule has 2 aromatic rings. The number of hydrogen-bond acceptors (Lipinski definition) is 5. The molecule has 1 aliphatic rings. The van der Waals surface area contributed by atoms with Gasteiger partial charge in [-0.25, -0.2) is 4.99 Å². The summed E-state index contributed by atoms with van der Waals surface area (Å²) in [5, 5.41) is 0.676. The van der Waals surface area contributed by atoms with E-state index in [9.17, 15) is 9.59 Å². The lowest BCUT2D eigenvalue weighted by Gasteiger charge is -2.13. The number of benzene rings is 2. The van der Waals surface area contributed by atoms with Crippen molar-refractivity contribution in [1.29, 1.82) is 0 Å². The Hall–Kier alpha value is -2.58. The molecule has 1 aliphatic heterocycles. The summed E-state index contributed by atoms with van der Waals surface area (Å²) in [6, 6.07) is 15.0. The Balaban J connectivity index is 1.85. The van der Waals surface area contributed by atoms with Crippen molar-refractivity contribution in [2.24, 2.45) is 10.7 Å². The van der Waals surface area contributed by atoms with Gasteiger partial charge in [0.05, 0.1) is 15.1 Å². The molecule has 0 unspecified atom stereocenters. The fraction of sp³-hybridized carbons (Fsp3) is 0.190. The summed E-state index contributed by atoms with van der Waals surface area (Å²) in [4.78, 5) is 30.7. The largest absolute Gasteiger partial charge is 0.483 e. The van der Waals surface area contributed by atoms with Crippen LogP contribution in [0, 0.1) is 0 Å². The molecule has 0 atom stereocenters. The van der Waals surface area contributed by atoms with E-state index in [0.717, 1.165) is 17.7 Å². The molecular weight excluding hydrogens is 454 g/mol. The predicted molar refractivity (Wildman–Crippen MR) is 120 cm³/mol. The van der Waals surface area contributed by atoms with Crippen LogP contribution in [-0.2, 0) is 9.59 Å². The van der Waals surface area contributed by atoms with Gasteiger partial charge >= 0.3 is 0 Å². The van der Waals surface area contributed by atoms with E-state index >= 15 is 0 Å². The van der Waals surface area contributed by atoms with Crippen molar-refractivity contribution in [1.82, 2.24) is 4.90 Å². The van der Waals surface area contributed by atoms with Gasteiger partial charge in [-0.3, -0.25) is 14.5 Å². The lowest BCUT2D eigenvalue weighted by molar-refractivity contribution is -0.122. The third-order valence-electron chi connectivity index (χ3n) is 3.94. The van der Waals surface area contributed by atoms with Gasteiger partial charge in [0.15, 0.2) is 11.8 Å². The number of amidine groups is 1. The van der Waals surface area contributed by atoms with Crippen LogP contribution < -0.4 is 10.5 Å². The quantitative estimate of drug-likeness (QED) is 0.606. The number of thioether (sulfide) groups is 1. The molecule has 1 heterocycles. The zero-order valence-corrected chi connectivity index (χ0v) is 18.2. The minimum Gasteiger partial charge on any atom is -0.483 e. The van der Waals surface area contributed by atoms with Gasteiger partial charge in [-0.1, -0.05) is 31.2 Å². The number of primary amides is 1. The maximum Gasteiger partial charge on any atom is 0.266 e. The van der Waals surface area contributed by atoms with E-state index < -0.39 is 5.91 Å². The first kappa shape index (κ1) is 21.1. The van der Waals surface area contributed by atoms with Crippen LogP contribution in [0.15, 0.2) is 62.9 Å². The van der Waals surface area contributed by atoms with Gasteiger partial charge in [-0.15, -0.1) is 0 Å². The van der Waals surface area contributed by atoms with Gasteiger partial charge in [0.25, 0.3) is 11.8 Å². The summed E-state index contributed by atoms with van der Waals surface area (Å²) < 4.78 is 6.01. The number of ether oxygens (including phenoxy) is 1. The highest BCUT2D eigenvalue weighted by molar-refractivity contribution is 9.10. The third-order valence-corrected chi connectivity index (χ3v) is 5.57. The number of rotatable bonds is 7. The number of carbonyl (C=O) groups is 2. The highest BCUT2D eigenvalue weighted by Gasteiger charge is 2.32. The van der Waals surface area contributed by atoms with Crippen molar-refractivity contribution < 1.29 is 14.3 Å². The molecule has 8 heteroatoms. The smallest absolute Gasteiger partial charge is 0.266 e. The number of para-hydroxylation sites is 1. The van der Waals surface area contributed by atoms with E-state index in [-0.39, 0.29) is 12.5 Å². The second-order valence-electron chi connectivity index (χ2n) is 6.24. The second-order valence-corrected chi connectivity index (χ2v) is 8.11. The van der Waals surface area contributed by atoms with Crippen LogP contribution in [0.1, 0.15) is 18.9 Å². The first-order valence-electron chi connectivity index (χ1n) is 9.03. The van der Waals surface area contributed by atoms with E-state index in [1.54, 1.807) is 11.0 Å². The molecule has 2 amide bonds. The Kier molecular flexibility index (Phi) is 7.11. The number of nitrogens with two attached hydrogens (primary N) is 1. The van der Waals surface area contributed by atoms with E-state index in [2.05, 4.69) is 20.9 Å². The van der Waals surface area contributed by atoms with Crippen molar-refractivity contribution in [3.8, 4) is 5.75 Å². The molecule has 150 valence electrons. The molecule has 0 bridgehead atoms. The Morgan fingerprint density at radius 3 is 2.69 bits per heavy atom. The van der Waals surface area contributed by atoms with Crippen molar-refractivity contribution in [3.63, 3.8) is 0 Å². The molecular formula is C21H20BrN3O3S. The van der Waals surface area contributed by atoms with Crippen LogP contribution >= 0.6 is 27.7 Å². The SMILES string of the molecule is CCCN1C(=O)C(=Cc2ccc(OCC(N)=O)c(Br)c2)SC1=Nc1ccccc1. The van der Waals surface area contributed by atoms with E-state index in [4.69, 9.17) is 10.5 Å². The summed E-state index contributed by atoms with van der Waals surface area (Å²) in [6.45, 7) is 2.44. The summed E-state index contributed by atoms with van der Waals surface area (Å²) in [6.07, 6.45) is 2.66. The van der Waals surface area contributed by atoms with Crippen LogP contribution in [0.5, 0.6) is 5.75 Å². The van der Waals surface area contributed by atoms with Crippen LogP contribution in [0.4, 0.5) is 5.69 Å². The molecule has 6 nitrogen and oxygen atoms in total. The summed E-state index contributed by atoms with van der Waals surface area (Å²) in [5.74, 6) is -0.0932. The zero-order valence-electron chi connectivity index (χ0n) is 15.8. The number of nitrogens with zero attached hydrogens (tertiary/aromatic N) is 2. The van der Waals surface area contributed by atoms with Gasteiger partial charge in [0.1, 0.15) is 5.75 Å². The fourth-order valence-corrected chi connectivity index (χ4v) is 4.18. The summed E-state index contributed by atoms with van der Waals surface area (Å²) >= 11 is 4.78.